The van der Waals surface area contributed by atoms with Gasteiger partial charge in [0.05, 0.1) is 11.4 Å². The first-order valence-electron chi connectivity index (χ1n) is 7.33. The van der Waals surface area contributed by atoms with Gasteiger partial charge in [-0.05, 0) is 61.6 Å². The highest BCUT2D eigenvalue weighted by Crippen LogP contribution is 2.30. The quantitative estimate of drug-likeness (QED) is 0.887. The van der Waals surface area contributed by atoms with Crippen molar-refractivity contribution in [1.29, 1.82) is 0 Å². The topological polar surface area (TPSA) is 21.3 Å². The summed E-state index contributed by atoms with van der Waals surface area (Å²) < 4.78 is 6.19. The van der Waals surface area contributed by atoms with Crippen molar-refractivity contribution in [1.82, 2.24) is 5.32 Å². The van der Waals surface area contributed by atoms with E-state index < -0.39 is 0 Å². The van der Waals surface area contributed by atoms with Crippen LogP contribution in [0, 0.1) is 0 Å². The first-order valence-corrected chi connectivity index (χ1v) is 8.52. The molecule has 3 rings (SSSR count). The number of fused-ring (bicyclic) bond motifs is 1. The second kappa shape index (κ2) is 6.39. The van der Waals surface area contributed by atoms with Gasteiger partial charge in [0.1, 0.15) is 5.75 Å². The molecule has 0 amide bonds. The van der Waals surface area contributed by atoms with Crippen LogP contribution in [0.25, 0.3) is 0 Å². The molecule has 1 N–H and O–H groups in total. The third-order valence-corrected chi connectivity index (χ3v) is 5.56. The van der Waals surface area contributed by atoms with E-state index in [2.05, 4.69) is 36.5 Å². The lowest BCUT2D eigenvalue weighted by Gasteiger charge is -2.28. The maximum atomic E-state index is 6.02. The van der Waals surface area contributed by atoms with Crippen molar-refractivity contribution in [2.24, 2.45) is 0 Å². The van der Waals surface area contributed by atoms with E-state index in [0.717, 1.165) is 22.9 Å². The Morgan fingerprint density at radius 3 is 2.86 bits per heavy atom. The minimum Gasteiger partial charge on any atom is -0.497 e. The Morgan fingerprint density at radius 2 is 2.14 bits per heavy atom. The van der Waals surface area contributed by atoms with E-state index in [0.29, 0.717) is 12.1 Å². The van der Waals surface area contributed by atoms with E-state index in [1.807, 2.05) is 6.07 Å². The number of aryl methyl sites for hydroxylation is 1. The van der Waals surface area contributed by atoms with Gasteiger partial charge in [-0.2, -0.15) is 0 Å². The Morgan fingerprint density at radius 1 is 1.29 bits per heavy atom. The number of ether oxygens (including phenoxy) is 1. The van der Waals surface area contributed by atoms with Gasteiger partial charge in [0.25, 0.3) is 0 Å². The van der Waals surface area contributed by atoms with E-state index in [9.17, 15) is 0 Å². The van der Waals surface area contributed by atoms with E-state index in [-0.39, 0.29) is 0 Å². The molecule has 0 fully saturated rings. The van der Waals surface area contributed by atoms with Crippen molar-refractivity contribution in [3.05, 3.63) is 50.7 Å². The van der Waals surface area contributed by atoms with Crippen LogP contribution in [0.15, 0.2) is 30.3 Å². The fourth-order valence-electron chi connectivity index (χ4n) is 3.00. The van der Waals surface area contributed by atoms with Gasteiger partial charge in [0, 0.05) is 17.0 Å². The normalized spacial score (nSPS) is 19.1. The Kier molecular flexibility index (Phi) is 4.53. The van der Waals surface area contributed by atoms with Gasteiger partial charge in [0.15, 0.2) is 0 Å². The van der Waals surface area contributed by atoms with Gasteiger partial charge in [-0.3, -0.25) is 0 Å². The number of nitrogens with one attached hydrogen (secondary N) is 1. The molecule has 2 nitrogen and oxygen atoms in total. The predicted molar refractivity (Wildman–Crippen MR) is 89.7 cm³/mol. The zero-order valence-corrected chi connectivity index (χ0v) is 13.9. The van der Waals surface area contributed by atoms with Crippen LogP contribution in [0.4, 0.5) is 0 Å². The van der Waals surface area contributed by atoms with Crippen molar-refractivity contribution in [3.63, 3.8) is 0 Å². The molecule has 4 heteroatoms. The molecule has 2 atom stereocenters. The molecule has 0 spiro atoms. The smallest absolute Gasteiger partial charge is 0.119 e. The molecule has 1 aromatic heterocycles. The summed E-state index contributed by atoms with van der Waals surface area (Å²) >= 11 is 7.68. The minimum absolute atomic E-state index is 0.347. The average Bonchev–Trinajstić information content (AvgIpc) is 2.93. The monoisotopic (exact) mass is 321 g/mol. The molecular formula is C17H20ClNOS. The lowest BCUT2D eigenvalue weighted by molar-refractivity contribution is 0.404. The highest BCUT2D eigenvalue weighted by molar-refractivity contribution is 7.16. The molecule has 1 heterocycles. The third kappa shape index (κ3) is 3.42. The molecule has 21 heavy (non-hydrogen) atoms. The predicted octanol–water partition coefficient (Wildman–Crippen LogP) is 4.62. The Labute approximate surface area is 135 Å². The summed E-state index contributed by atoms with van der Waals surface area (Å²) in [4.78, 5) is 1.30. The molecule has 0 radical (unpaired) electrons. The maximum Gasteiger partial charge on any atom is 0.119 e. The van der Waals surface area contributed by atoms with E-state index in [1.165, 1.54) is 22.4 Å². The standard InChI is InChI=1S/C17H20ClNOS/c1-11(16-7-8-17(18)21-16)19-14-5-3-12-4-6-15(20-2)10-13(12)9-14/h4,6-8,10-11,14,19H,3,5,9H2,1-2H3. The van der Waals surface area contributed by atoms with Gasteiger partial charge in [0.2, 0.25) is 0 Å². The van der Waals surface area contributed by atoms with Crippen LogP contribution in [-0.4, -0.2) is 13.2 Å². The SMILES string of the molecule is COc1ccc2c(c1)CC(NC(C)c1ccc(Cl)s1)CC2. The van der Waals surface area contributed by atoms with Crippen LogP contribution < -0.4 is 10.1 Å². The summed E-state index contributed by atoms with van der Waals surface area (Å²) in [5, 5.41) is 3.74. The van der Waals surface area contributed by atoms with Crippen LogP contribution in [0.2, 0.25) is 4.34 Å². The summed E-state index contributed by atoms with van der Waals surface area (Å²) in [6.07, 6.45) is 3.38. The van der Waals surface area contributed by atoms with Gasteiger partial charge in [-0.25, -0.2) is 0 Å². The number of rotatable bonds is 4. The van der Waals surface area contributed by atoms with Gasteiger partial charge in [-0.15, -0.1) is 11.3 Å². The molecular weight excluding hydrogens is 302 g/mol. The average molecular weight is 322 g/mol. The number of hydrogen-bond donors (Lipinski definition) is 1. The van der Waals surface area contributed by atoms with Crippen molar-refractivity contribution in [3.8, 4) is 5.75 Å². The van der Waals surface area contributed by atoms with E-state index in [4.69, 9.17) is 16.3 Å². The Balaban J connectivity index is 1.68. The van der Waals surface area contributed by atoms with Crippen LogP contribution in [0.1, 0.15) is 35.4 Å². The van der Waals surface area contributed by atoms with E-state index >= 15 is 0 Å². The largest absolute Gasteiger partial charge is 0.497 e. The van der Waals surface area contributed by atoms with Crippen molar-refractivity contribution < 1.29 is 4.74 Å². The summed E-state index contributed by atoms with van der Waals surface area (Å²) in [6.45, 7) is 2.21. The van der Waals surface area contributed by atoms with Crippen LogP contribution in [0.5, 0.6) is 5.75 Å². The van der Waals surface area contributed by atoms with Gasteiger partial charge >= 0.3 is 0 Å². The summed E-state index contributed by atoms with van der Waals surface area (Å²) in [5.41, 5.74) is 2.87. The molecule has 1 aromatic carbocycles. The fourth-order valence-corrected chi connectivity index (χ4v) is 4.07. The Bertz CT molecular complexity index is 625. The van der Waals surface area contributed by atoms with Gasteiger partial charge < -0.3 is 10.1 Å². The van der Waals surface area contributed by atoms with Crippen molar-refractivity contribution >= 4 is 22.9 Å². The highest BCUT2D eigenvalue weighted by Gasteiger charge is 2.21. The molecule has 0 saturated heterocycles. The minimum atomic E-state index is 0.347. The Hall–Kier alpha value is -1.03. The molecule has 1 aliphatic rings. The third-order valence-electron chi connectivity index (χ3n) is 4.15. The molecule has 1 aliphatic carbocycles. The van der Waals surface area contributed by atoms with E-state index in [1.54, 1.807) is 18.4 Å². The van der Waals surface area contributed by atoms with Crippen LogP contribution >= 0.6 is 22.9 Å². The summed E-state index contributed by atoms with van der Waals surface area (Å²) in [5.74, 6) is 0.951. The first-order chi connectivity index (χ1) is 10.2. The van der Waals surface area contributed by atoms with Crippen LogP contribution in [-0.2, 0) is 12.8 Å². The number of halogens is 1. The van der Waals surface area contributed by atoms with Gasteiger partial charge in [-0.1, -0.05) is 17.7 Å². The first kappa shape index (κ1) is 14.9. The van der Waals surface area contributed by atoms with Crippen LogP contribution in [0.3, 0.4) is 0 Å². The highest BCUT2D eigenvalue weighted by atomic mass is 35.5. The number of hydrogen-bond acceptors (Lipinski definition) is 3. The summed E-state index contributed by atoms with van der Waals surface area (Å²) in [7, 11) is 1.73. The molecule has 112 valence electrons. The lowest BCUT2D eigenvalue weighted by Crippen LogP contribution is -2.36. The second-order valence-electron chi connectivity index (χ2n) is 5.60. The molecule has 0 saturated carbocycles. The lowest BCUT2D eigenvalue weighted by atomic mass is 9.88. The molecule has 2 aromatic rings. The second-order valence-corrected chi connectivity index (χ2v) is 7.35. The molecule has 0 aliphatic heterocycles. The zero-order chi connectivity index (χ0) is 14.8. The zero-order valence-electron chi connectivity index (χ0n) is 12.4. The number of methoxy groups -OCH3 is 1. The van der Waals surface area contributed by atoms with Crippen molar-refractivity contribution in [2.45, 2.75) is 38.3 Å². The summed E-state index contributed by atoms with van der Waals surface area (Å²) in [6, 6.07) is 11.4. The maximum absolute atomic E-state index is 6.02. The molecule has 0 bridgehead atoms. The molecule has 2 unspecified atom stereocenters. The van der Waals surface area contributed by atoms with Crippen molar-refractivity contribution in [2.75, 3.05) is 7.11 Å². The number of benzene rings is 1. The fraction of sp³-hybridized carbons (Fsp3) is 0.412. The number of thiophene rings is 1.